The lowest BCUT2D eigenvalue weighted by molar-refractivity contribution is -0.0995. The molecule has 0 unspecified atom stereocenters. The molecular formula is C20H22N2O4. The highest BCUT2D eigenvalue weighted by Gasteiger charge is 2.41. The number of ether oxygens (including phenoxy) is 3. The molecule has 2 fully saturated rings. The van der Waals surface area contributed by atoms with Gasteiger partial charge in [0.15, 0.2) is 0 Å². The van der Waals surface area contributed by atoms with Crippen LogP contribution < -0.4 is 4.74 Å². The van der Waals surface area contributed by atoms with E-state index in [-0.39, 0.29) is 11.5 Å². The summed E-state index contributed by atoms with van der Waals surface area (Å²) in [5.74, 6) is 0.697. The standard InChI is InChI=1S/C20H22N2O4/c1-24-18-6-5-15(12-16(18)17-4-2-3-8-21-17)19(23)22-9-11-26-20(13-22)7-10-25-14-20/h2-6,8,12H,7,9-11,13-14H2,1H3/t20-/m0/s1. The van der Waals surface area contributed by atoms with Crippen molar-refractivity contribution >= 4 is 5.91 Å². The number of carbonyl (C=O) groups excluding carboxylic acids is 1. The van der Waals surface area contributed by atoms with Gasteiger partial charge in [0.25, 0.3) is 5.91 Å². The van der Waals surface area contributed by atoms with Crippen LogP contribution in [0, 0.1) is 0 Å². The van der Waals surface area contributed by atoms with Gasteiger partial charge in [-0.15, -0.1) is 0 Å². The Bertz CT molecular complexity index is 788. The molecule has 2 aromatic rings. The van der Waals surface area contributed by atoms with Gasteiger partial charge in [-0.2, -0.15) is 0 Å². The van der Waals surface area contributed by atoms with Crippen LogP contribution in [0.2, 0.25) is 0 Å². The summed E-state index contributed by atoms with van der Waals surface area (Å²) in [7, 11) is 1.62. The zero-order valence-electron chi connectivity index (χ0n) is 14.8. The number of nitrogens with zero attached hydrogens (tertiary/aromatic N) is 2. The molecule has 0 saturated carbocycles. The van der Waals surface area contributed by atoms with Crippen molar-refractivity contribution in [1.82, 2.24) is 9.88 Å². The van der Waals surface area contributed by atoms with Crippen LogP contribution in [0.25, 0.3) is 11.3 Å². The molecule has 2 aliphatic heterocycles. The van der Waals surface area contributed by atoms with Crippen LogP contribution in [-0.4, -0.2) is 61.4 Å². The van der Waals surface area contributed by atoms with Gasteiger partial charge >= 0.3 is 0 Å². The zero-order chi connectivity index (χ0) is 18.0. The van der Waals surface area contributed by atoms with Gasteiger partial charge in [-0.05, 0) is 30.3 Å². The van der Waals surface area contributed by atoms with E-state index in [0.717, 1.165) is 17.7 Å². The molecule has 3 heterocycles. The highest BCUT2D eigenvalue weighted by molar-refractivity contribution is 5.96. The lowest BCUT2D eigenvalue weighted by atomic mass is 9.99. The molecule has 6 nitrogen and oxygen atoms in total. The number of benzene rings is 1. The number of carbonyl (C=O) groups is 1. The van der Waals surface area contributed by atoms with Crippen molar-refractivity contribution in [3.05, 3.63) is 48.2 Å². The second-order valence-corrected chi connectivity index (χ2v) is 6.69. The van der Waals surface area contributed by atoms with Gasteiger partial charge in [0, 0.05) is 36.9 Å². The Kier molecular flexibility index (Phi) is 4.61. The summed E-state index contributed by atoms with van der Waals surface area (Å²) in [5, 5.41) is 0. The molecule has 1 spiro atoms. The third-order valence-corrected chi connectivity index (χ3v) is 4.99. The summed E-state index contributed by atoms with van der Waals surface area (Å²) in [4.78, 5) is 19.3. The summed E-state index contributed by atoms with van der Waals surface area (Å²) in [5.41, 5.74) is 1.87. The third-order valence-electron chi connectivity index (χ3n) is 4.99. The molecule has 2 saturated heterocycles. The Labute approximate surface area is 152 Å². The minimum Gasteiger partial charge on any atom is -0.496 e. The van der Waals surface area contributed by atoms with Crippen molar-refractivity contribution in [2.75, 3.05) is 40.0 Å². The fourth-order valence-corrected chi connectivity index (χ4v) is 3.59. The predicted octanol–water partition coefficient (Wildman–Crippen LogP) is 2.39. The highest BCUT2D eigenvalue weighted by Crippen LogP contribution is 2.31. The van der Waals surface area contributed by atoms with Crippen molar-refractivity contribution in [3.8, 4) is 17.0 Å². The molecule has 2 aliphatic rings. The number of rotatable bonds is 3. The average Bonchev–Trinajstić information content (AvgIpc) is 3.15. The Hall–Kier alpha value is -2.44. The lowest BCUT2D eigenvalue weighted by Gasteiger charge is -2.39. The van der Waals surface area contributed by atoms with E-state index in [1.165, 1.54) is 0 Å². The molecule has 4 rings (SSSR count). The quantitative estimate of drug-likeness (QED) is 0.847. The number of methoxy groups -OCH3 is 1. The van der Waals surface area contributed by atoms with E-state index in [9.17, 15) is 4.79 Å². The van der Waals surface area contributed by atoms with Crippen molar-refractivity contribution < 1.29 is 19.0 Å². The molecule has 1 aromatic heterocycles. The van der Waals surface area contributed by atoms with Gasteiger partial charge in [0.2, 0.25) is 0 Å². The fourth-order valence-electron chi connectivity index (χ4n) is 3.59. The molecule has 0 radical (unpaired) electrons. The van der Waals surface area contributed by atoms with Crippen LogP contribution in [0.5, 0.6) is 5.75 Å². The van der Waals surface area contributed by atoms with Gasteiger partial charge in [0.05, 0.1) is 32.6 Å². The van der Waals surface area contributed by atoms with Gasteiger partial charge in [-0.1, -0.05) is 6.07 Å². The van der Waals surface area contributed by atoms with Crippen molar-refractivity contribution in [3.63, 3.8) is 0 Å². The van der Waals surface area contributed by atoms with E-state index in [1.54, 1.807) is 19.4 Å². The number of aromatic nitrogens is 1. The third kappa shape index (κ3) is 3.18. The molecule has 136 valence electrons. The summed E-state index contributed by atoms with van der Waals surface area (Å²) in [6.45, 7) is 2.94. The molecular weight excluding hydrogens is 332 g/mol. The number of amides is 1. The van der Waals surface area contributed by atoms with E-state index in [4.69, 9.17) is 14.2 Å². The Morgan fingerprint density at radius 3 is 2.92 bits per heavy atom. The number of pyridine rings is 1. The van der Waals surface area contributed by atoms with Crippen LogP contribution in [-0.2, 0) is 9.47 Å². The SMILES string of the molecule is COc1ccc(C(=O)N2CCO[C@@]3(CCOC3)C2)cc1-c1ccccn1. The second kappa shape index (κ2) is 7.05. The topological polar surface area (TPSA) is 60.9 Å². The first kappa shape index (κ1) is 17.0. The first-order valence-corrected chi connectivity index (χ1v) is 8.81. The van der Waals surface area contributed by atoms with Crippen molar-refractivity contribution in [2.45, 2.75) is 12.0 Å². The predicted molar refractivity (Wildman–Crippen MR) is 96.2 cm³/mol. The average molecular weight is 354 g/mol. The molecule has 26 heavy (non-hydrogen) atoms. The number of hydrogen-bond acceptors (Lipinski definition) is 5. The summed E-state index contributed by atoms with van der Waals surface area (Å²) in [6.07, 6.45) is 2.56. The maximum absolute atomic E-state index is 13.1. The minimum absolute atomic E-state index is 0.000547. The summed E-state index contributed by atoms with van der Waals surface area (Å²) in [6, 6.07) is 11.2. The van der Waals surface area contributed by atoms with Crippen molar-refractivity contribution in [1.29, 1.82) is 0 Å². The first-order chi connectivity index (χ1) is 12.7. The molecule has 1 amide bonds. The Morgan fingerprint density at radius 1 is 1.27 bits per heavy atom. The second-order valence-electron chi connectivity index (χ2n) is 6.69. The van der Waals surface area contributed by atoms with Crippen LogP contribution in [0.3, 0.4) is 0 Å². The van der Waals surface area contributed by atoms with Gasteiger partial charge in [0.1, 0.15) is 11.4 Å². The van der Waals surface area contributed by atoms with Gasteiger partial charge in [-0.3, -0.25) is 9.78 Å². The van der Waals surface area contributed by atoms with E-state index in [1.807, 2.05) is 35.2 Å². The minimum atomic E-state index is -0.343. The summed E-state index contributed by atoms with van der Waals surface area (Å²) >= 11 is 0. The monoisotopic (exact) mass is 354 g/mol. The van der Waals surface area contributed by atoms with E-state index in [0.29, 0.717) is 44.2 Å². The van der Waals surface area contributed by atoms with Crippen LogP contribution in [0.4, 0.5) is 0 Å². The maximum atomic E-state index is 13.1. The Morgan fingerprint density at radius 2 is 2.19 bits per heavy atom. The molecule has 1 atom stereocenters. The largest absolute Gasteiger partial charge is 0.496 e. The van der Waals surface area contributed by atoms with E-state index < -0.39 is 0 Å². The maximum Gasteiger partial charge on any atom is 0.254 e. The first-order valence-electron chi connectivity index (χ1n) is 8.81. The molecule has 1 aromatic carbocycles. The summed E-state index contributed by atoms with van der Waals surface area (Å²) < 4.78 is 16.9. The van der Waals surface area contributed by atoms with Gasteiger partial charge < -0.3 is 19.1 Å². The van der Waals surface area contributed by atoms with Crippen LogP contribution in [0.1, 0.15) is 16.8 Å². The smallest absolute Gasteiger partial charge is 0.254 e. The van der Waals surface area contributed by atoms with Crippen LogP contribution in [0.15, 0.2) is 42.6 Å². The lowest BCUT2D eigenvalue weighted by Crippen LogP contribution is -2.54. The number of morpholine rings is 1. The van der Waals surface area contributed by atoms with E-state index >= 15 is 0 Å². The zero-order valence-corrected chi connectivity index (χ0v) is 14.8. The highest BCUT2D eigenvalue weighted by atomic mass is 16.6. The number of hydrogen-bond donors (Lipinski definition) is 0. The molecule has 6 heteroatoms. The molecule has 0 N–H and O–H groups in total. The fraction of sp³-hybridized carbons (Fsp3) is 0.400. The van der Waals surface area contributed by atoms with E-state index in [2.05, 4.69) is 4.98 Å². The van der Waals surface area contributed by atoms with Crippen LogP contribution >= 0.6 is 0 Å². The normalized spacial score (nSPS) is 22.6. The van der Waals surface area contributed by atoms with Gasteiger partial charge in [-0.25, -0.2) is 0 Å². The molecule has 0 aliphatic carbocycles. The van der Waals surface area contributed by atoms with Crippen molar-refractivity contribution in [2.24, 2.45) is 0 Å². The molecule has 0 bridgehead atoms. The Balaban J connectivity index is 1.62.